The minimum atomic E-state index is 0.0263. The summed E-state index contributed by atoms with van der Waals surface area (Å²) in [5.74, 6) is 0.894. The fourth-order valence-corrected chi connectivity index (χ4v) is 4.15. The predicted molar refractivity (Wildman–Crippen MR) is 105 cm³/mol. The molecule has 0 N–H and O–H groups in total. The fraction of sp³-hybridized carbons (Fsp3) is 0.474. The van der Waals surface area contributed by atoms with Crippen molar-refractivity contribution in [3.63, 3.8) is 0 Å². The van der Waals surface area contributed by atoms with Crippen molar-refractivity contribution in [2.45, 2.75) is 19.5 Å². The molecule has 0 bridgehead atoms. The number of carbonyl (C=O) groups is 1. The molecule has 1 aromatic carbocycles. The van der Waals surface area contributed by atoms with E-state index >= 15 is 0 Å². The van der Waals surface area contributed by atoms with Crippen molar-refractivity contribution < 1.29 is 9.53 Å². The molecule has 0 spiro atoms. The number of para-hydroxylation sites is 2. The van der Waals surface area contributed by atoms with Gasteiger partial charge in [-0.25, -0.2) is 4.98 Å². The smallest absolute Gasteiger partial charge is 0.273 e. The van der Waals surface area contributed by atoms with Crippen LogP contribution < -0.4 is 9.64 Å². The number of amides is 1. The van der Waals surface area contributed by atoms with Gasteiger partial charge in [-0.3, -0.25) is 4.79 Å². The molecule has 26 heavy (non-hydrogen) atoms. The lowest BCUT2D eigenvalue weighted by Gasteiger charge is -2.41. The van der Waals surface area contributed by atoms with E-state index in [0.717, 1.165) is 36.1 Å². The monoisotopic (exact) mass is 374 g/mol. The molecule has 6 nitrogen and oxygen atoms in total. The van der Waals surface area contributed by atoms with Crippen molar-refractivity contribution in [2.24, 2.45) is 0 Å². The fourth-order valence-electron chi connectivity index (χ4n) is 3.27. The quantitative estimate of drug-likeness (QED) is 0.805. The second-order valence-corrected chi connectivity index (χ2v) is 7.77. The molecule has 1 saturated heterocycles. The van der Waals surface area contributed by atoms with E-state index in [1.54, 1.807) is 18.4 Å². The summed E-state index contributed by atoms with van der Waals surface area (Å²) >= 11 is 1.55. The third-order valence-electron chi connectivity index (χ3n) is 4.54. The maximum atomic E-state index is 12.9. The molecule has 1 fully saturated rings. The van der Waals surface area contributed by atoms with Crippen LogP contribution in [-0.2, 0) is 6.54 Å². The van der Waals surface area contributed by atoms with E-state index < -0.39 is 0 Å². The molecule has 0 aliphatic carbocycles. The van der Waals surface area contributed by atoms with E-state index in [9.17, 15) is 4.79 Å². The molecule has 2 heterocycles. The van der Waals surface area contributed by atoms with Crippen LogP contribution in [0.15, 0.2) is 29.6 Å². The largest absolute Gasteiger partial charge is 0.495 e. The zero-order chi connectivity index (χ0) is 18.7. The number of thiazole rings is 1. The van der Waals surface area contributed by atoms with Gasteiger partial charge in [-0.05, 0) is 33.2 Å². The zero-order valence-electron chi connectivity index (χ0n) is 15.8. The van der Waals surface area contributed by atoms with E-state index in [4.69, 9.17) is 4.74 Å². The highest BCUT2D eigenvalue weighted by molar-refractivity contribution is 7.09. The number of hydrogen-bond acceptors (Lipinski definition) is 6. The highest BCUT2D eigenvalue weighted by atomic mass is 32.1. The Balaban J connectivity index is 1.68. The standard InChI is InChI=1S/C19H26N4O2S/c1-14-11-22(16-7-5-6-8-17(16)25-4)9-10-23(14)19(24)15-13-26-18(20-15)12-21(2)3/h5-8,13-14H,9-12H2,1-4H3. The van der Waals surface area contributed by atoms with Gasteiger partial charge in [-0.15, -0.1) is 11.3 Å². The van der Waals surface area contributed by atoms with E-state index in [0.29, 0.717) is 12.2 Å². The van der Waals surface area contributed by atoms with Crippen molar-refractivity contribution in [1.82, 2.24) is 14.8 Å². The molecule has 0 saturated carbocycles. The number of anilines is 1. The van der Waals surface area contributed by atoms with E-state index in [2.05, 4.69) is 27.8 Å². The van der Waals surface area contributed by atoms with Crippen LogP contribution in [0.2, 0.25) is 0 Å². The molecule has 1 aliphatic heterocycles. The van der Waals surface area contributed by atoms with Crippen molar-refractivity contribution in [2.75, 3.05) is 45.7 Å². The van der Waals surface area contributed by atoms with Crippen molar-refractivity contribution >= 4 is 22.9 Å². The number of rotatable bonds is 5. The summed E-state index contributed by atoms with van der Waals surface area (Å²) in [7, 11) is 5.69. The van der Waals surface area contributed by atoms with Crippen molar-refractivity contribution in [3.05, 3.63) is 40.3 Å². The topological polar surface area (TPSA) is 48.9 Å². The van der Waals surface area contributed by atoms with Crippen LogP contribution in [0.3, 0.4) is 0 Å². The van der Waals surface area contributed by atoms with Crippen molar-refractivity contribution in [3.8, 4) is 5.75 Å². The minimum Gasteiger partial charge on any atom is -0.495 e. The lowest BCUT2D eigenvalue weighted by molar-refractivity contribution is 0.0668. The lowest BCUT2D eigenvalue weighted by Crippen LogP contribution is -2.54. The Hall–Kier alpha value is -2.12. The second kappa shape index (κ2) is 8.05. The van der Waals surface area contributed by atoms with Crippen LogP contribution in [-0.4, -0.2) is 67.6 Å². The van der Waals surface area contributed by atoms with Crippen LogP contribution in [0.5, 0.6) is 5.75 Å². The number of benzene rings is 1. The molecular weight excluding hydrogens is 348 g/mol. The third-order valence-corrected chi connectivity index (χ3v) is 5.37. The molecule has 140 valence electrons. The molecular formula is C19H26N4O2S. The van der Waals surface area contributed by atoms with Gasteiger partial charge >= 0.3 is 0 Å². The highest BCUT2D eigenvalue weighted by Gasteiger charge is 2.30. The minimum absolute atomic E-state index is 0.0263. The summed E-state index contributed by atoms with van der Waals surface area (Å²) in [6.07, 6.45) is 0. The van der Waals surface area contributed by atoms with Gasteiger partial charge < -0.3 is 19.4 Å². The molecule has 7 heteroatoms. The summed E-state index contributed by atoms with van der Waals surface area (Å²) in [4.78, 5) is 23.7. The normalized spacial score (nSPS) is 17.7. The van der Waals surface area contributed by atoms with Gasteiger partial charge in [0, 0.05) is 37.6 Å². The Kier molecular flexibility index (Phi) is 5.78. The number of hydrogen-bond donors (Lipinski definition) is 0. The first-order valence-electron chi connectivity index (χ1n) is 8.77. The maximum Gasteiger partial charge on any atom is 0.273 e. The number of piperazine rings is 1. The summed E-state index contributed by atoms with van der Waals surface area (Å²) in [6.45, 7) is 5.09. The van der Waals surface area contributed by atoms with Gasteiger partial charge in [0.25, 0.3) is 5.91 Å². The lowest BCUT2D eigenvalue weighted by atomic mass is 10.1. The van der Waals surface area contributed by atoms with E-state index in [1.807, 2.05) is 42.6 Å². The molecule has 0 radical (unpaired) electrons. The Morgan fingerprint density at radius 2 is 2.12 bits per heavy atom. The van der Waals surface area contributed by atoms with Crippen LogP contribution in [0.25, 0.3) is 0 Å². The number of ether oxygens (including phenoxy) is 1. The van der Waals surface area contributed by atoms with Crippen molar-refractivity contribution in [1.29, 1.82) is 0 Å². The molecule has 1 amide bonds. The summed E-state index contributed by atoms with van der Waals surface area (Å²) in [6, 6.07) is 8.14. The van der Waals surface area contributed by atoms with Crippen LogP contribution in [0.4, 0.5) is 5.69 Å². The van der Waals surface area contributed by atoms with Gasteiger partial charge in [0.1, 0.15) is 16.5 Å². The summed E-state index contributed by atoms with van der Waals surface area (Å²) in [5, 5.41) is 2.85. The first-order valence-corrected chi connectivity index (χ1v) is 9.65. The third kappa shape index (κ3) is 3.99. The molecule has 1 atom stereocenters. The SMILES string of the molecule is COc1ccccc1N1CCN(C(=O)c2csc(CN(C)C)n2)C(C)C1. The molecule has 1 aliphatic rings. The van der Waals surface area contributed by atoms with Gasteiger partial charge in [0.15, 0.2) is 0 Å². The first-order chi connectivity index (χ1) is 12.5. The molecule has 2 aromatic rings. The Morgan fingerprint density at radius 3 is 2.81 bits per heavy atom. The van der Waals surface area contributed by atoms with E-state index in [1.165, 1.54) is 0 Å². The molecule has 1 aromatic heterocycles. The van der Waals surface area contributed by atoms with E-state index in [-0.39, 0.29) is 11.9 Å². The Labute approximate surface area is 159 Å². The average Bonchev–Trinajstić information content (AvgIpc) is 3.08. The van der Waals surface area contributed by atoms with Gasteiger partial charge in [-0.1, -0.05) is 12.1 Å². The maximum absolute atomic E-state index is 12.9. The van der Waals surface area contributed by atoms with Crippen LogP contribution >= 0.6 is 11.3 Å². The van der Waals surface area contributed by atoms with Crippen LogP contribution in [0.1, 0.15) is 22.4 Å². The number of aromatic nitrogens is 1. The zero-order valence-corrected chi connectivity index (χ0v) is 16.6. The Bertz CT molecular complexity index is 762. The average molecular weight is 375 g/mol. The Morgan fingerprint density at radius 1 is 1.35 bits per heavy atom. The molecule has 3 rings (SSSR count). The van der Waals surface area contributed by atoms with Gasteiger partial charge in [-0.2, -0.15) is 0 Å². The summed E-state index contributed by atoms with van der Waals surface area (Å²) < 4.78 is 5.48. The highest BCUT2D eigenvalue weighted by Crippen LogP contribution is 2.29. The second-order valence-electron chi connectivity index (χ2n) is 6.83. The first kappa shape index (κ1) is 18.7. The van der Waals surface area contributed by atoms with Gasteiger partial charge in [0.2, 0.25) is 0 Å². The summed E-state index contributed by atoms with van der Waals surface area (Å²) in [5.41, 5.74) is 1.64. The number of nitrogens with zero attached hydrogens (tertiary/aromatic N) is 4. The van der Waals surface area contributed by atoms with Gasteiger partial charge in [0.05, 0.1) is 12.8 Å². The number of methoxy groups -OCH3 is 1. The predicted octanol–water partition coefficient (Wildman–Crippen LogP) is 2.56. The number of carbonyl (C=O) groups excluding carboxylic acids is 1. The molecule has 1 unspecified atom stereocenters. The van der Waals surface area contributed by atoms with Crippen LogP contribution in [0, 0.1) is 0 Å².